The minimum Gasteiger partial charge on any atom is -0.409 e. The van der Waals surface area contributed by atoms with Gasteiger partial charge in [0.25, 0.3) is 0 Å². The fourth-order valence-corrected chi connectivity index (χ4v) is 4.40. The second kappa shape index (κ2) is 9.10. The molecule has 158 valence electrons. The molecule has 0 spiro atoms. The monoisotopic (exact) mass is 453 g/mol. The summed E-state index contributed by atoms with van der Waals surface area (Å²) >= 11 is 13.0. The number of carbonyl (C=O) groups is 1. The van der Waals surface area contributed by atoms with Crippen LogP contribution in [-0.4, -0.2) is 35.8 Å². The van der Waals surface area contributed by atoms with E-state index >= 15 is 0 Å². The van der Waals surface area contributed by atoms with E-state index in [2.05, 4.69) is 9.89 Å². The van der Waals surface area contributed by atoms with E-state index in [1.54, 1.807) is 24.3 Å². The van der Waals surface area contributed by atoms with E-state index < -0.39 is 6.09 Å². The van der Waals surface area contributed by atoms with E-state index in [1.165, 1.54) is 0 Å². The van der Waals surface area contributed by atoms with Crippen LogP contribution in [0.1, 0.15) is 23.3 Å². The Morgan fingerprint density at radius 1 is 0.839 bits per heavy atom. The topological polar surface area (TPSA) is 45.1 Å². The van der Waals surface area contributed by atoms with Crippen molar-refractivity contribution in [2.24, 2.45) is 4.99 Å². The van der Waals surface area contributed by atoms with Gasteiger partial charge in [-0.1, -0.05) is 77.8 Å². The maximum atomic E-state index is 12.7. The summed E-state index contributed by atoms with van der Waals surface area (Å²) in [5.41, 5.74) is 1.76. The second-order valence-corrected chi connectivity index (χ2v) is 8.06. The molecule has 1 aliphatic rings. The summed E-state index contributed by atoms with van der Waals surface area (Å²) in [6.07, 6.45) is -0.934. The Morgan fingerprint density at radius 3 is 2.00 bits per heavy atom. The van der Waals surface area contributed by atoms with Gasteiger partial charge in [-0.25, -0.2) is 4.79 Å². The van der Waals surface area contributed by atoms with Crippen LogP contribution in [0.3, 0.4) is 0 Å². The lowest BCUT2D eigenvalue weighted by Gasteiger charge is -2.28. The van der Waals surface area contributed by atoms with Crippen molar-refractivity contribution in [3.8, 4) is 5.75 Å². The zero-order valence-corrected chi connectivity index (χ0v) is 18.6. The molecule has 31 heavy (non-hydrogen) atoms. The van der Waals surface area contributed by atoms with Crippen molar-refractivity contribution in [3.63, 3.8) is 0 Å². The van der Waals surface area contributed by atoms with Crippen molar-refractivity contribution in [1.82, 2.24) is 9.80 Å². The summed E-state index contributed by atoms with van der Waals surface area (Å²) in [5, 5.41) is 1.23. The van der Waals surface area contributed by atoms with Crippen molar-refractivity contribution in [2.75, 3.05) is 14.1 Å². The molecule has 0 unspecified atom stereocenters. The molecule has 0 saturated carbocycles. The van der Waals surface area contributed by atoms with E-state index in [1.807, 2.05) is 73.6 Å². The third-order valence-corrected chi connectivity index (χ3v) is 5.99. The number of amides is 1. The number of hydrogen-bond acceptors (Lipinski definition) is 3. The number of nitrogens with zero attached hydrogens (tertiary/aromatic N) is 3. The average molecular weight is 454 g/mol. The van der Waals surface area contributed by atoms with Gasteiger partial charge in [-0.2, -0.15) is 4.99 Å². The van der Waals surface area contributed by atoms with Crippen LogP contribution in [0.15, 0.2) is 83.9 Å². The Bertz CT molecular complexity index is 1120. The summed E-state index contributed by atoms with van der Waals surface area (Å²) in [6.45, 7) is 0. The summed E-state index contributed by atoms with van der Waals surface area (Å²) < 4.78 is 5.41. The molecule has 3 aromatic rings. The van der Waals surface area contributed by atoms with E-state index in [0.717, 1.165) is 11.1 Å². The predicted octanol–water partition coefficient (Wildman–Crippen LogP) is 6.21. The van der Waals surface area contributed by atoms with Gasteiger partial charge < -0.3 is 9.64 Å². The number of rotatable bonds is 3. The van der Waals surface area contributed by atoms with Gasteiger partial charge in [0.2, 0.25) is 0 Å². The molecule has 0 aromatic heterocycles. The van der Waals surface area contributed by atoms with Crippen molar-refractivity contribution in [1.29, 1.82) is 0 Å². The molecule has 1 saturated heterocycles. The summed E-state index contributed by atoms with van der Waals surface area (Å²) in [5.74, 6) is 0.962. The number of likely N-dealkylation sites (N-methyl/N-ethyl adjacent to an activating group) is 2. The number of carbonyl (C=O) groups excluding carboxylic acids is 1. The van der Waals surface area contributed by atoms with E-state index in [4.69, 9.17) is 27.9 Å². The Balaban J connectivity index is 1.77. The maximum Gasteiger partial charge on any atom is 0.440 e. The Labute approximate surface area is 191 Å². The lowest BCUT2D eigenvalue weighted by Crippen LogP contribution is -2.27. The van der Waals surface area contributed by atoms with Crippen LogP contribution in [0, 0.1) is 0 Å². The molecular weight excluding hydrogens is 433 g/mol. The first kappa shape index (κ1) is 21.4. The molecule has 2 atom stereocenters. The largest absolute Gasteiger partial charge is 0.440 e. The minimum absolute atomic E-state index is 0.238. The van der Waals surface area contributed by atoms with Gasteiger partial charge in [0.05, 0.1) is 6.04 Å². The Kier molecular flexibility index (Phi) is 6.28. The van der Waals surface area contributed by atoms with Crippen LogP contribution >= 0.6 is 23.2 Å². The molecule has 5 nitrogen and oxygen atoms in total. The normalized spacial score (nSPS) is 20.3. The summed E-state index contributed by atoms with van der Waals surface area (Å²) in [6, 6.07) is 23.7. The zero-order valence-electron chi connectivity index (χ0n) is 17.1. The molecule has 1 fully saturated rings. The predicted molar refractivity (Wildman–Crippen MR) is 124 cm³/mol. The van der Waals surface area contributed by atoms with Crippen molar-refractivity contribution >= 4 is 35.1 Å². The first-order valence-corrected chi connectivity index (χ1v) is 10.5. The van der Waals surface area contributed by atoms with E-state index in [-0.39, 0.29) is 12.2 Å². The number of hydrogen-bond donors (Lipinski definition) is 0. The van der Waals surface area contributed by atoms with Crippen LogP contribution < -0.4 is 4.74 Å². The number of halogens is 2. The Morgan fingerprint density at radius 2 is 1.39 bits per heavy atom. The van der Waals surface area contributed by atoms with Gasteiger partial charge in [0.15, 0.2) is 0 Å². The molecule has 1 heterocycles. The van der Waals surface area contributed by atoms with Gasteiger partial charge in [0, 0.05) is 22.7 Å². The lowest BCUT2D eigenvalue weighted by atomic mass is 10.1. The molecule has 7 heteroatoms. The summed E-state index contributed by atoms with van der Waals surface area (Å²) in [7, 11) is 3.85. The lowest BCUT2D eigenvalue weighted by molar-refractivity contribution is 0.176. The highest BCUT2D eigenvalue weighted by Crippen LogP contribution is 2.43. The van der Waals surface area contributed by atoms with Gasteiger partial charge in [0.1, 0.15) is 17.8 Å². The minimum atomic E-state index is -0.696. The third-order valence-electron chi connectivity index (χ3n) is 5.30. The van der Waals surface area contributed by atoms with Crippen molar-refractivity contribution in [2.45, 2.75) is 12.2 Å². The number of aliphatic imine (C=N–C) groups is 1. The SMILES string of the molecule is CN1C(=NC(=O)Oc2ccccc2)[C@@H](c2ccccc2Cl)N(C)[C@H]1c1ccccc1Cl. The molecule has 0 aliphatic carbocycles. The van der Waals surface area contributed by atoms with Gasteiger partial charge in [-0.05, 0) is 36.9 Å². The molecule has 1 aliphatic heterocycles. The van der Waals surface area contributed by atoms with E-state index in [9.17, 15) is 4.79 Å². The smallest absolute Gasteiger partial charge is 0.409 e. The highest BCUT2D eigenvalue weighted by molar-refractivity contribution is 6.32. The molecular formula is C24H21Cl2N3O2. The maximum absolute atomic E-state index is 12.7. The molecule has 0 bridgehead atoms. The zero-order chi connectivity index (χ0) is 22.0. The number of ether oxygens (including phenoxy) is 1. The highest BCUT2D eigenvalue weighted by Gasteiger charge is 2.43. The quantitative estimate of drug-likeness (QED) is 0.472. The fraction of sp³-hybridized carbons (Fsp3) is 0.167. The summed E-state index contributed by atoms with van der Waals surface area (Å²) in [4.78, 5) is 21.1. The molecule has 3 aromatic carbocycles. The second-order valence-electron chi connectivity index (χ2n) is 7.25. The van der Waals surface area contributed by atoms with Gasteiger partial charge >= 0.3 is 6.09 Å². The van der Waals surface area contributed by atoms with Crippen LogP contribution in [0.2, 0.25) is 10.0 Å². The number of amidine groups is 1. The number of para-hydroxylation sites is 1. The first-order chi connectivity index (χ1) is 15.0. The molecule has 0 radical (unpaired) electrons. The first-order valence-electron chi connectivity index (χ1n) is 9.76. The van der Waals surface area contributed by atoms with E-state index in [0.29, 0.717) is 21.6 Å². The fourth-order valence-electron chi connectivity index (χ4n) is 3.93. The highest BCUT2D eigenvalue weighted by atomic mass is 35.5. The van der Waals surface area contributed by atoms with Gasteiger partial charge in [-0.3, -0.25) is 4.90 Å². The molecule has 0 N–H and O–H groups in total. The standard InChI is InChI=1S/C24H21Cl2N3O2/c1-28-21(17-12-6-8-14-19(17)25)22(27-24(30)31-16-10-4-3-5-11-16)29(2)23(28)18-13-7-9-15-20(18)26/h3-15,21,23H,1-2H3/t21-,23-/m1/s1. The Hall–Kier alpha value is -2.86. The van der Waals surface area contributed by atoms with Gasteiger partial charge in [-0.15, -0.1) is 0 Å². The molecule has 4 rings (SSSR count). The molecule has 1 amide bonds. The van der Waals surface area contributed by atoms with Crippen LogP contribution in [0.25, 0.3) is 0 Å². The van der Waals surface area contributed by atoms with Crippen LogP contribution in [0.4, 0.5) is 4.79 Å². The van der Waals surface area contributed by atoms with Crippen LogP contribution in [-0.2, 0) is 0 Å². The van der Waals surface area contributed by atoms with Crippen molar-refractivity contribution < 1.29 is 9.53 Å². The van der Waals surface area contributed by atoms with Crippen molar-refractivity contribution in [3.05, 3.63) is 100 Å². The number of benzene rings is 3. The third kappa shape index (κ3) is 4.30. The van der Waals surface area contributed by atoms with Crippen LogP contribution in [0.5, 0.6) is 5.75 Å². The average Bonchev–Trinajstić information content (AvgIpc) is 2.99.